The Balaban J connectivity index is 2.01. The molecule has 0 saturated heterocycles. The van der Waals surface area contributed by atoms with Crippen LogP contribution in [0.2, 0.25) is 5.28 Å². The number of halogens is 1. The molecule has 5 nitrogen and oxygen atoms in total. The topological polar surface area (TPSA) is 48.5 Å². The largest absolute Gasteiger partial charge is 0.322 e. The van der Waals surface area contributed by atoms with Gasteiger partial charge in [-0.1, -0.05) is 0 Å². The highest BCUT2D eigenvalue weighted by Gasteiger charge is 2.28. The molecule has 19 heavy (non-hydrogen) atoms. The van der Waals surface area contributed by atoms with E-state index in [0.717, 1.165) is 22.3 Å². The molecule has 0 aliphatic heterocycles. The lowest BCUT2D eigenvalue weighted by Crippen LogP contribution is -1.98. The normalized spacial score (nSPS) is 15.3. The van der Waals surface area contributed by atoms with Crippen molar-refractivity contribution >= 4 is 22.6 Å². The van der Waals surface area contributed by atoms with Gasteiger partial charge in [0.25, 0.3) is 0 Å². The van der Waals surface area contributed by atoms with Crippen molar-refractivity contribution in [2.75, 3.05) is 0 Å². The SMILES string of the molecule is Cn1cc(-c2cc3cnc(Cl)nc3n2C2CC2)cn1. The average molecular weight is 274 g/mol. The predicted molar refractivity (Wildman–Crippen MR) is 73.0 cm³/mol. The average Bonchev–Trinajstić information content (AvgIpc) is 3.02. The van der Waals surface area contributed by atoms with Crippen LogP contribution in [0, 0.1) is 0 Å². The maximum absolute atomic E-state index is 5.92. The van der Waals surface area contributed by atoms with Crippen LogP contribution >= 0.6 is 11.6 Å². The third-order valence-corrected chi connectivity index (χ3v) is 3.64. The first-order valence-corrected chi connectivity index (χ1v) is 6.62. The van der Waals surface area contributed by atoms with Gasteiger partial charge in [-0.05, 0) is 30.5 Å². The number of hydrogen-bond acceptors (Lipinski definition) is 3. The van der Waals surface area contributed by atoms with E-state index in [2.05, 4.69) is 25.7 Å². The second-order valence-corrected chi connectivity index (χ2v) is 5.29. The Morgan fingerprint density at radius 2 is 2.16 bits per heavy atom. The summed E-state index contributed by atoms with van der Waals surface area (Å²) in [6.07, 6.45) is 8.06. The minimum absolute atomic E-state index is 0.297. The number of aromatic nitrogens is 5. The zero-order chi connectivity index (χ0) is 13.0. The van der Waals surface area contributed by atoms with Crippen molar-refractivity contribution in [2.45, 2.75) is 18.9 Å². The minimum Gasteiger partial charge on any atom is -0.322 e. The van der Waals surface area contributed by atoms with Gasteiger partial charge in [-0.3, -0.25) is 4.68 Å². The molecule has 1 saturated carbocycles. The quantitative estimate of drug-likeness (QED) is 0.675. The summed E-state index contributed by atoms with van der Waals surface area (Å²) in [6, 6.07) is 2.64. The van der Waals surface area contributed by atoms with Gasteiger partial charge in [0.1, 0.15) is 5.65 Å². The Kier molecular flexibility index (Phi) is 2.20. The van der Waals surface area contributed by atoms with E-state index in [-0.39, 0.29) is 0 Å². The van der Waals surface area contributed by atoms with Crippen LogP contribution in [0.4, 0.5) is 0 Å². The van der Waals surface area contributed by atoms with Gasteiger partial charge in [-0.2, -0.15) is 10.1 Å². The number of rotatable bonds is 2. The maximum atomic E-state index is 5.92. The molecular formula is C13H12ClN5. The van der Waals surface area contributed by atoms with E-state index in [1.807, 2.05) is 24.1 Å². The van der Waals surface area contributed by atoms with Gasteiger partial charge < -0.3 is 4.57 Å². The first-order valence-electron chi connectivity index (χ1n) is 6.25. The molecule has 3 aromatic heterocycles. The van der Waals surface area contributed by atoms with Gasteiger partial charge in [0.15, 0.2) is 0 Å². The van der Waals surface area contributed by atoms with Gasteiger partial charge in [0.05, 0.1) is 11.9 Å². The summed E-state index contributed by atoms with van der Waals surface area (Å²) in [5.74, 6) is 0. The Bertz CT molecular complexity index is 769. The van der Waals surface area contributed by atoms with Gasteiger partial charge in [0, 0.05) is 36.4 Å². The smallest absolute Gasteiger partial charge is 0.224 e. The molecule has 1 aliphatic rings. The van der Waals surface area contributed by atoms with E-state index in [4.69, 9.17) is 11.6 Å². The summed E-state index contributed by atoms with van der Waals surface area (Å²) in [6.45, 7) is 0. The van der Waals surface area contributed by atoms with Crippen LogP contribution in [0.15, 0.2) is 24.7 Å². The molecule has 0 spiro atoms. The highest BCUT2D eigenvalue weighted by Crippen LogP contribution is 2.41. The lowest BCUT2D eigenvalue weighted by Gasteiger charge is -2.06. The third-order valence-electron chi connectivity index (χ3n) is 3.46. The molecule has 6 heteroatoms. The number of nitrogens with zero attached hydrogens (tertiary/aromatic N) is 5. The van der Waals surface area contributed by atoms with Crippen LogP contribution in [0.5, 0.6) is 0 Å². The van der Waals surface area contributed by atoms with Crippen LogP contribution in [-0.4, -0.2) is 24.3 Å². The fourth-order valence-electron chi connectivity index (χ4n) is 2.47. The summed E-state index contributed by atoms with van der Waals surface area (Å²) >= 11 is 5.92. The standard InChI is InChI=1S/C13H12ClN5/c1-18-7-9(6-16-18)11-4-8-5-15-13(14)17-12(8)19(11)10-2-3-10/h4-7,10H,2-3H2,1H3. The van der Waals surface area contributed by atoms with E-state index < -0.39 is 0 Å². The summed E-state index contributed by atoms with van der Waals surface area (Å²) in [5, 5.41) is 5.56. The molecule has 3 heterocycles. The molecule has 0 atom stereocenters. The summed E-state index contributed by atoms with van der Waals surface area (Å²) in [4.78, 5) is 8.44. The van der Waals surface area contributed by atoms with E-state index in [9.17, 15) is 0 Å². The molecule has 96 valence electrons. The van der Waals surface area contributed by atoms with Gasteiger partial charge >= 0.3 is 0 Å². The van der Waals surface area contributed by atoms with E-state index in [1.54, 1.807) is 6.20 Å². The highest BCUT2D eigenvalue weighted by atomic mass is 35.5. The number of aryl methyl sites for hydroxylation is 1. The van der Waals surface area contributed by atoms with E-state index in [0.29, 0.717) is 11.3 Å². The monoisotopic (exact) mass is 273 g/mol. The zero-order valence-electron chi connectivity index (χ0n) is 10.4. The highest BCUT2D eigenvalue weighted by molar-refractivity contribution is 6.28. The first kappa shape index (κ1) is 11.0. The molecule has 3 aromatic rings. The van der Waals surface area contributed by atoms with Gasteiger partial charge in [0.2, 0.25) is 5.28 Å². The molecule has 4 rings (SSSR count). The lowest BCUT2D eigenvalue weighted by molar-refractivity contribution is 0.765. The summed E-state index contributed by atoms with van der Waals surface area (Å²) < 4.78 is 4.07. The molecule has 0 unspecified atom stereocenters. The maximum Gasteiger partial charge on any atom is 0.224 e. The second kappa shape index (κ2) is 3.81. The van der Waals surface area contributed by atoms with Crippen LogP contribution in [0.1, 0.15) is 18.9 Å². The van der Waals surface area contributed by atoms with Crippen LogP contribution in [0.25, 0.3) is 22.3 Å². The van der Waals surface area contributed by atoms with Gasteiger partial charge in [-0.15, -0.1) is 0 Å². The molecule has 1 fully saturated rings. The molecular weight excluding hydrogens is 262 g/mol. The summed E-state index contributed by atoms with van der Waals surface area (Å²) in [7, 11) is 1.92. The van der Waals surface area contributed by atoms with Crippen molar-refractivity contribution in [2.24, 2.45) is 7.05 Å². The predicted octanol–water partition coefficient (Wildman–Crippen LogP) is 2.82. The van der Waals surface area contributed by atoms with E-state index in [1.165, 1.54) is 12.8 Å². The Morgan fingerprint density at radius 1 is 1.32 bits per heavy atom. The fraction of sp³-hybridized carbons (Fsp3) is 0.308. The van der Waals surface area contributed by atoms with Crippen molar-refractivity contribution in [3.63, 3.8) is 0 Å². The second-order valence-electron chi connectivity index (χ2n) is 4.95. The third kappa shape index (κ3) is 1.73. The van der Waals surface area contributed by atoms with Crippen molar-refractivity contribution in [3.8, 4) is 11.3 Å². The first-order chi connectivity index (χ1) is 9.22. The Labute approximate surface area is 114 Å². The zero-order valence-corrected chi connectivity index (χ0v) is 11.2. The molecule has 0 amide bonds. The van der Waals surface area contributed by atoms with Crippen molar-refractivity contribution in [1.82, 2.24) is 24.3 Å². The van der Waals surface area contributed by atoms with Crippen molar-refractivity contribution < 1.29 is 0 Å². The molecule has 0 bridgehead atoms. The summed E-state index contributed by atoms with van der Waals surface area (Å²) in [5.41, 5.74) is 3.16. The molecule has 1 aliphatic carbocycles. The minimum atomic E-state index is 0.297. The number of fused-ring (bicyclic) bond motifs is 1. The van der Waals surface area contributed by atoms with Crippen LogP contribution in [0.3, 0.4) is 0 Å². The molecule has 0 aromatic carbocycles. The fourth-order valence-corrected chi connectivity index (χ4v) is 2.59. The van der Waals surface area contributed by atoms with Crippen LogP contribution in [-0.2, 0) is 7.05 Å². The molecule has 0 radical (unpaired) electrons. The number of hydrogen-bond donors (Lipinski definition) is 0. The van der Waals surface area contributed by atoms with E-state index >= 15 is 0 Å². The Morgan fingerprint density at radius 3 is 2.84 bits per heavy atom. The van der Waals surface area contributed by atoms with Gasteiger partial charge in [-0.25, -0.2) is 4.98 Å². The van der Waals surface area contributed by atoms with Crippen molar-refractivity contribution in [1.29, 1.82) is 0 Å². The van der Waals surface area contributed by atoms with Crippen LogP contribution < -0.4 is 0 Å². The Hall–Kier alpha value is -1.88. The van der Waals surface area contributed by atoms with Crippen molar-refractivity contribution in [3.05, 3.63) is 29.9 Å². The lowest BCUT2D eigenvalue weighted by atomic mass is 10.2. The molecule has 0 N–H and O–H groups in total.